The van der Waals surface area contributed by atoms with E-state index < -0.39 is 6.10 Å². The van der Waals surface area contributed by atoms with Gasteiger partial charge in [-0.1, -0.05) is 197 Å². The zero-order chi connectivity index (χ0) is 45.8. The first kappa shape index (κ1) is 60.1. The van der Waals surface area contributed by atoms with Crippen molar-refractivity contribution in [3.05, 3.63) is 60.8 Å². The summed E-state index contributed by atoms with van der Waals surface area (Å²) in [5.41, 5.74) is 0. The number of unbranched alkanes of at least 4 members (excludes halogenated alkanes) is 27. The third-order valence-electron chi connectivity index (χ3n) is 11.5. The molecular formula is C57H100O6. The van der Waals surface area contributed by atoms with Crippen molar-refractivity contribution in [1.82, 2.24) is 0 Å². The molecule has 6 nitrogen and oxygen atoms in total. The van der Waals surface area contributed by atoms with Crippen molar-refractivity contribution in [1.29, 1.82) is 0 Å². The molecule has 364 valence electrons. The summed E-state index contributed by atoms with van der Waals surface area (Å²) in [4.78, 5) is 38.0. The van der Waals surface area contributed by atoms with Crippen LogP contribution in [-0.2, 0) is 28.6 Å². The van der Waals surface area contributed by atoms with E-state index in [1.54, 1.807) is 0 Å². The molecule has 0 heterocycles. The van der Waals surface area contributed by atoms with Crippen LogP contribution in [0.4, 0.5) is 0 Å². The molecule has 0 N–H and O–H groups in total. The van der Waals surface area contributed by atoms with Crippen molar-refractivity contribution >= 4 is 17.9 Å². The van der Waals surface area contributed by atoms with Gasteiger partial charge >= 0.3 is 17.9 Å². The summed E-state index contributed by atoms with van der Waals surface area (Å²) < 4.78 is 16.8. The number of carbonyl (C=O) groups excluding carboxylic acids is 3. The van der Waals surface area contributed by atoms with E-state index in [0.717, 1.165) is 70.6 Å². The largest absolute Gasteiger partial charge is 0.462 e. The van der Waals surface area contributed by atoms with Crippen LogP contribution >= 0.6 is 0 Å². The molecule has 0 spiro atoms. The molecule has 0 aromatic carbocycles. The Labute approximate surface area is 390 Å². The predicted octanol–water partition coefficient (Wildman–Crippen LogP) is 17.6. The monoisotopic (exact) mass is 881 g/mol. The molecule has 0 aromatic heterocycles. The number of hydrogen-bond donors (Lipinski definition) is 0. The van der Waals surface area contributed by atoms with E-state index in [1.807, 2.05) is 0 Å². The van der Waals surface area contributed by atoms with E-state index >= 15 is 0 Å². The lowest BCUT2D eigenvalue weighted by Crippen LogP contribution is -2.30. The van der Waals surface area contributed by atoms with Crippen LogP contribution in [0.1, 0.15) is 265 Å². The highest BCUT2D eigenvalue weighted by Gasteiger charge is 2.19. The number of rotatable bonds is 48. The van der Waals surface area contributed by atoms with Gasteiger partial charge in [0.25, 0.3) is 0 Å². The number of carbonyl (C=O) groups is 3. The summed E-state index contributed by atoms with van der Waals surface area (Å²) >= 11 is 0. The Balaban J connectivity index is 4.44. The number of esters is 3. The average Bonchev–Trinajstić information content (AvgIpc) is 3.28. The van der Waals surface area contributed by atoms with Gasteiger partial charge in [0.2, 0.25) is 0 Å². The topological polar surface area (TPSA) is 78.9 Å². The van der Waals surface area contributed by atoms with Crippen molar-refractivity contribution in [3.8, 4) is 0 Å². The third-order valence-corrected chi connectivity index (χ3v) is 11.5. The zero-order valence-corrected chi connectivity index (χ0v) is 41.6. The van der Waals surface area contributed by atoms with Gasteiger partial charge in [-0.3, -0.25) is 14.4 Å². The SMILES string of the molecule is CCCCC/C=C\C/C=C\C/C=C\CCCCC(=O)O[C@@H](COC(=O)CCCCCCC/C=C\CCCCCC)COC(=O)CCCCCCCCC/C=C\CCCCCCCC. The van der Waals surface area contributed by atoms with Crippen molar-refractivity contribution in [2.24, 2.45) is 0 Å². The quantitative estimate of drug-likeness (QED) is 0.0262. The average molecular weight is 881 g/mol. The molecule has 6 heteroatoms. The minimum absolute atomic E-state index is 0.0939. The molecule has 0 aliphatic rings. The van der Waals surface area contributed by atoms with E-state index in [2.05, 4.69) is 81.5 Å². The standard InChI is InChI=1S/C57H100O6/c1-4-7-10-13-16-19-22-25-27-28-30-32-35-38-41-44-47-50-56(59)62-53-54(52-61-55(58)49-46-43-40-37-34-31-24-21-18-15-12-9-6-3)63-57(60)51-48-45-42-39-36-33-29-26-23-20-17-14-11-8-5-2/h17,20-21,24-27,29,36,39,54H,4-16,18-19,22-23,28,30-35,37-38,40-53H2,1-3H3/b20-17-,24-21-,27-25-,29-26-,39-36-/t54-/m0/s1. The third kappa shape index (κ3) is 50.0. The van der Waals surface area contributed by atoms with Crippen molar-refractivity contribution in [2.45, 2.75) is 271 Å². The molecule has 0 unspecified atom stereocenters. The summed E-state index contributed by atoms with van der Waals surface area (Å²) in [6, 6.07) is 0. The van der Waals surface area contributed by atoms with Gasteiger partial charge in [-0.15, -0.1) is 0 Å². The van der Waals surface area contributed by atoms with Crippen LogP contribution in [0.3, 0.4) is 0 Å². The number of ether oxygens (including phenoxy) is 3. The highest BCUT2D eigenvalue weighted by atomic mass is 16.6. The molecule has 0 rings (SSSR count). The van der Waals surface area contributed by atoms with Gasteiger partial charge in [-0.2, -0.15) is 0 Å². The Morgan fingerprint density at radius 1 is 0.317 bits per heavy atom. The molecule has 0 radical (unpaired) electrons. The Kier molecular flexibility index (Phi) is 49.4. The Morgan fingerprint density at radius 2 is 0.571 bits per heavy atom. The van der Waals surface area contributed by atoms with Gasteiger partial charge in [0.15, 0.2) is 6.10 Å². The summed E-state index contributed by atoms with van der Waals surface area (Å²) in [5, 5.41) is 0. The summed E-state index contributed by atoms with van der Waals surface area (Å²) in [7, 11) is 0. The van der Waals surface area contributed by atoms with Crippen LogP contribution in [-0.4, -0.2) is 37.2 Å². The summed E-state index contributed by atoms with van der Waals surface area (Å²) in [6.07, 6.45) is 63.5. The Bertz CT molecular complexity index is 1150. The maximum atomic E-state index is 12.8. The number of allylic oxidation sites excluding steroid dienone is 10. The van der Waals surface area contributed by atoms with Crippen LogP contribution < -0.4 is 0 Å². The van der Waals surface area contributed by atoms with Gasteiger partial charge in [0.1, 0.15) is 13.2 Å². The van der Waals surface area contributed by atoms with Crippen LogP contribution in [0, 0.1) is 0 Å². The zero-order valence-electron chi connectivity index (χ0n) is 41.6. The Hall–Kier alpha value is -2.89. The molecule has 1 atom stereocenters. The second kappa shape index (κ2) is 51.7. The fourth-order valence-electron chi connectivity index (χ4n) is 7.38. The highest BCUT2D eigenvalue weighted by Crippen LogP contribution is 2.14. The lowest BCUT2D eigenvalue weighted by molar-refractivity contribution is -0.167. The van der Waals surface area contributed by atoms with Gasteiger partial charge in [0, 0.05) is 19.3 Å². The van der Waals surface area contributed by atoms with Crippen molar-refractivity contribution < 1.29 is 28.6 Å². The predicted molar refractivity (Wildman–Crippen MR) is 270 cm³/mol. The van der Waals surface area contributed by atoms with E-state index in [-0.39, 0.29) is 37.5 Å². The van der Waals surface area contributed by atoms with Crippen LogP contribution in [0.2, 0.25) is 0 Å². The molecule has 0 saturated carbocycles. The highest BCUT2D eigenvalue weighted by molar-refractivity contribution is 5.71. The first-order valence-corrected chi connectivity index (χ1v) is 26.8. The molecular weight excluding hydrogens is 781 g/mol. The van der Waals surface area contributed by atoms with E-state index in [1.165, 1.54) is 148 Å². The van der Waals surface area contributed by atoms with Gasteiger partial charge in [-0.05, 0) is 109 Å². The second-order valence-electron chi connectivity index (χ2n) is 17.8. The molecule has 0 aromatic rings. The lowest BCUT2D eigenvalue weighted by Gasteiger charge is -2.18. The van der Waals surface area contributed by atoms with Crippen LogP contribution in [0.5, 0.6) is 0 Å². The minimum atomic E-state index is -0.798. The molecule has 0 aliphatic heterocycles. The lowest BCUT2D eigenvalue weighted by atomic mass is 10.1. The molecule has 63 heavy (non-hydrogen) atoms. The maximum Gasteiger partial charge on any atom is 0.306 e. The van der Waals surface area contributed by atoms with Gasteiger partial charge in [0.05, 0.1) is 0 Å². The van der Waals surface area contributed by atoms with Crippen molar-refractivity contribution in [3.63, 3.8) is 0 Å². The minimum Gasteiger partial charge on any atom is -0.462 e. The molecule has 0 fully saturated rings. The van der Waals surface area contributed by atoms with E-state index in [4.69, 9.17) is 14.2 Å². The normalized spacial score (nSPS) is 12.5. The second-order valence-corrected chi connectivity index (χ2v) is 17.8. The van der Waals surface area contributed by atoms with E-state index in [9.17, 15) is 14.4 Å². The number of hydrogen-bond acceptors (Lipinski definition) is 6. The first-order chi connectivity index (χ1) is 31.0. The van der Waals surface area contributed by atoms with Crippen LogP contribution in [0.25, 0.3) is 0 Å². The summed E-state index contributed by atoms with van der Waals surface area (Å²) in [6.45, 7) is 6.56. The van der Waals surface area contributed by atoms with Gasteiger partial charge < -0.3 is 14.2 Å². The van der Waals surface area contributed by atoms with Crippen LogP contribution in [0.15, 0.2) is 60.8 Å². The molecule has 0 bridgehead atoms. The maximum absolute atomic E-state index is 12.8. The van der Waals surface area contributed by atoms with E-state index in [0.29, 0.717) is 19.3 Å². The molecule has 0 aliphatic carbocycles. The molecule has 0 saturated heterocycles. The Morgan fingerprint density at radius 3 is 0.984 bits per heavy atom. The fraction of sp³-hybridized carbons (Fsp3) is 0.772. The smallest absolute Gasteiger partial charge is 0.306 e. The summed E-state index contributed by atoms with van der Waals surface area (Å²) in [5.74, 6) is -0.941. The van der Waals surface area contributed by atoms with Gasteiger partial charge in [-0.25, -0.2) is 0 Å². The first-order valence-electron chi connectivity index (χ1n) is 26.8. The molecule has 0 amide bonds. The fourth-order valence-corrected chi connectivity index (χ4v) is 7.38. The van der Waals surface area contributed by atoms with Crippen molar-refractivity contribution in [2.75, 3.05) is 13.2 Å².